The number of halogens is 3. The Labute approximate surface area is 181 Å². The van der Waals surface area contributed by atoms with Gasteiger partial charge in [-0.25, -0.2) is 8.42 Å². The average Bonchev–Trinajstić information content (AvgIpc) is 2.62. The topological polar surface area (TPSA) is 75.3 Å². The predicted molar refractivity (Wildman–Crippen MR) is 110 cm³/mol. The highest BCUT2D eigenvalue weighted by Crippen LogP contribution is 2.53. The first-order valence-corrected chi connectivity index (χ1v) is 12.5. The number of amides is 1. The molecular weight excluding hydrogens is 429 g/mol. The van der Waals surface area contributed by atoms with Crippen molar-refractivity contribution < 1.29 is 26.4 Å². The lowest BCUT2D eigenvalue weighted by atomic mass is 9.54. The van der Waals surface area contributed by atoms with Crippen LogP contribution in [0, 0.1) is 23.7 Å². The van der Waals surface area contributed by atoms with E-state index in [4.69, 9.17) is 0 Å². The summed E-state index contributed by atoms with van der Waals surface area (Å²) in [5.41, 5.74) is -1.98. The standard InChI is InChI=1S/C22H29F3N2O3S/c1-21(2,20(28)26-19-16-8-14-7-15(10-16)11-17(19)9-14)27-31(29,30)12-13-3-5-18(6-4-13)22(23,24)25/h3-6,14-17,19,27H,7-12H2,1-2H3,(H,26,28). The molecule has 1 aromatic rings. The number of alkyl halides is 3. The normalized spacial score (nSPS) is 30.4. The molecule has 2 N–H and O–H groups in total. The van der Waals surface area contributed by atoms with Gasteiger partial charge >= 0.3 is 6.18 Å². The molecule has 4 aliphatic carbocycles. The summed E-state index contributed by atoms with van der Waals surface area (Å²) in [6.45, 7) is 3.03. The lowest BCUT2D eigenvalue weighted by Gasteiger charge is -2.54. The maximum Gasteiger partial charge on any atom is 0.416 e. The van der Waals surface area contributed by atoms with E-state index in [0.717, 1.165) is 61.8 Å². The van der Waals surface area contributed by atoms with Crippen LogP contribution in [0.5, 0.6) is 0 Å². The first kappa shape index (κ1) is 22.6. The van der Waals surface area contributed by atoms with E-state index < -0.39 is 33.1 Å². The second kappa shape index (κ2) is 7.76. The molecule has 0 radical (unpaired) electrons. The summed E-state index contributed by atoms with van der Waals surface area (Å²) in [5, 5.41) is 3.12. The van der Waals surface area contributed by atoms with Gasteiger partial charge in [0.15, 0.2) is 0 Å². The molecule has 172 valence electrons. The minimum atomic E-state index is -4.48. The molecule has 0 heterocycles. The Hall–Kier alpha value is -1.61. The van der Waals surface area contributed by atoms with Gasteiger partial charge in [-0.05, 0) is 87.3 Å². The van der Waals surface area contributed by atoms with E-state index in [2.05, 4.69) is 10.0 Å². The van der Waals surface area contributed by atoms with Crippen molar-refractivity contribution in [1.29, 1.82) is 0 Å². The van der Waals surface area contributed by atoms with Gasteiger partial charge in [0.2, 0.25) is 15.9 Å². The first-order chi connectivity index (χ1) is 14.3. The monoisotopic (exact) mass is 458 g/mol. The molecule has 0 aliphatic heterocycles. The number of hydrogen-bond donors (Lipinski definition) is 2. The average molecular weight is 459 g/mol. The molecule has 4 aliphatic rings. The van der Waals surface area contributed by atoms with Crippen LogP contribution in [0.3, 0.4) is 0 Å². The van der Waals surface area contributed by atoms with Crippen molar-refractivity contribution in [3.05, 3.63) is 35.4 Å². The third-order valence-corrected chi connectivity index (χ3v) is 8.68. The lowest BCUT2D eigenvalue weighted by molar-refractivity contribution is -0.137. The summed E-state index contributed by atoms with van der Waals surface area (Å²) in [4.78, 5) is 13.0. The van der Waals surface area contributed by atoms with E-state index in [1.54, 1.807) is 0 Å². The van der Waals surface area contributed by atoms with Crippen molar-refractivity contribution >= 4 is 15.9 Å². The molecule has 1 aromatic carbocycles. The van der Waals surface area contributed by atoms with E-state index in [0.29, 0.717) is 11.8 Å². The van der Waals surface area contributed by atoms with Crippen LogP contribution < -0.4 is 10.0 Å². The van der Waals surface area contributed by atoms with E-state index in [9.17, 15) is 26.4 Å². The van der Waals surface area contributed by atoms with Crippen LogP contribution in [0.15, 0.2) is 24.3 Å². The molecule has 0 saturated heterocycles. The number of hydrogen-bond acceptors (Lipinski definition) is 3. The number of nitrogens with one attached hydrogen (secondary N) is 2. The molecule has 4 bridgehead atoms. The van der Waals surface area contributed by atoms with Gasteiger partial charge < -0.3 is 5.32 Å². The molecular formula is C22H29F3N2O3S. The molecule has 1 amide bonds. The van der Waals surface area contributed by atoms with Gasteiger partial charge in [0.1, 0.15) is 5.54 Å². The van der Waals surface area contributed by atoms with E-state index in [1.807, 2.05) is 0 Å². The molecule has 31 heavy (non-hydrogen) atoms. The summed E-state index contributed by atoms with van der Waals surface area (Å²) in [6, 6.07) is 4.09. The fourth-order valence-electron chi connectivity index (χ4n) is 5.97. The summed E-state index contributed by atoms with van der Waals surface area (Å²) >= 11 is 0. The molecule has 5 rings (SSSR count). The van der Waals surface area contributed by atoms with Crippen LogP contribution in [0.25, 0.3) is 0 Å². The van der Waals surface area contributed by atoms with Crippen molar-refractivity contribution in [2.24, 2.45) is 23.7 Å². The van der Waals surface area contributed by atoms with Crippen LogP contribution in [0.4, 0.5) is 13.2 Å². The maximum absolute atomic E-state index is 13.0. The number of sulfonamides is 1. The highest BCUT2D eigenvalue weighted by Gasteiger charge is 2.49. The molecule has 0 aromatic heterocycles. The zero-order valence-corrected chi connectivity index (χ0v) is 18.5. The minimum absolute atomic E-state index is 0.0963. The summed E-state index contributed by atoms with van der Waals surface area (Å²) in [5.74, 6) is 1.62. The Bertz CT molecular complexity index is 914. The van der Waals surface area contributed by atoms with Crippen molar-refractivity contribution in [1.82, 2.24) is 10.0 Å². The Morgan fingerprint density at radius 1 is 0.968 bits per heavy atom. The number of carbonyl (C=O) groups is 1. The summed E-state index contributed by atoms with van der Waals surface area (Å²) in [6.07, 6.45) is 1.38. The fraction of sp³-hybridized carbons (Fsp3) is 0.682. The third-order valence-electron chi connectivity index (χ3n) is 7.14. The molecule has 5 nitrogen and oxygen atoms in total. The van der Waals surface area contributed by atoms with Crippen molar-refractivity contribution in [3.8, 4) is 0 Å². The predicted octanol–water partition coefficient (Wildman–Crippen LogP) is 3.84. The van der Waals surface area contributed by atoms with E-state index in [-0.39, 0.29) is 17.5 Å². The zero-order chi connectivity index (χ0) is 22.6. The van der Waals surface area contributed by atoms with Crippen molar-refractivity contribution in [3.63, 3.8) is 0 Å². The molecule has 4 saturated carbocycles. The second-order valence-corrected chi connectivity index (χ2v) is 11.8. The van der Waals surface area contributed by atoms with E-state index in [1.165, 1.54) is 20.3 Å². The Balaban J connectivity index is 1.38. The van der Waals surface area contributed by atoms with Gasteiger partial charge in [-0.2, -0.15) is 17.9 Å². The van der Waals surface area contributed by atoms with Crippen LogP contribution in [0.1, 0.15) is 57.1 Å². The van der Waals surface area contributed by atoms with Gasteiger partial charge in [-0.15, -0.1) is 0 Å². The molecule has 9 heteroatoms. The van der Waals surface area contributed by atoms with Gasteiger partial charge in [-0.3, -0.25) is 4.79 Å². The third kappa shape index (κ3) is 4.92. The molecule has 0 spiro atoms. The fourth-order valence-corrected chi connectivity index (χ4v) is 7.55. The highest BCUT2D eigenvalue weighted by atomic mass is 32.2. The van der Waals surface area contributed by atoms with Crippen molar-refractivity contribution in [2.75, 3.05) is 0 Å². The summed E-state index contributed by atoms with van der Waals surface area (Å²) in [7, 11) is -3.94. The Kier molecular flexibility index (Phi) is 5.65. The molecule has 4 fully saturated rings. The lowest BCUT2D eigenvalue weighted by Crippen LogP contribution is -2.62. The van der Waals surface area contributed by atoms with Gasteiger partial charge in [0.25, 0.3) is 0 Å². The van der Waals surface area contributed by atoms with Crippen LogP contribution in [0.2, 0.25) is 0 Å². The molecule has 0 atom stereocenters. The largest absolute Gasteiger partial charge is 0.416 e. The van der Waals surface area contributed by atoms with E-state index >= 15 is 0 Å². The number of benzene rings is 1. The second-order valence-electron chi connectivity index (χ2n) is 10.1. The smallest absolute Gasteiger partial charge is 0.351 e. The Morgan fingerprint density at radius 2 is 1.48 bits per heavy atom. The van der Waals surface area contributed by atoms with Gasteiger partial charge in [-0.1, -0.05) is 12.1 Å². The van der Waals surface area contributed by atoms with Crippen LogP contribution in [-0.4, -0.2) is 25.9 Å². The summed E-state index contributed by atoms with van der Waals surface area (Å²) < 4.78 is 65.8. The maximum atomic E-state index is 13.0. The van der Waals surface area contributed by atoms with Crippen LogP contribution in [-0.2, 0) is 26.7 Å². The Morgan fingerprint density at radius 3 is 1.97 bits per heavy atom. The number of carbonyl (C=O) groups excluding carboxylic acids is 1. The van der Waals surface area contributed by atoms with Crippen LogP contribution >= 0.6 is 0 Å². The molecule has 0 unspecified atom stereocenters. The SMILES string of the molecule is CC(C)(NS(=O)(=O)Cc1ccc(C(F)(F)F)cc1)C(=O)NC1C2CC3CC(C2)CC1C3. The zero-order valence-electron chi connectivity index (χ0n) is 17.7. The highest BCUT2D eigenvalue weighted by molar-refractivity contribution is 7.88. The quantitative estimate of drug-likeness (QED) is 0.680. The van der Waals surface area contributed by atoms with Gasteiger partial charge in [0.05, 0.1) is 11.3 Å². The minimum Gasteiger partial charge on any atom is -0.351 e. The first-order valence-electron chi connectivity index (χ1n) is 10.8. The van der Waals surface area contributed by atoms with Gasteiger partial charge in [0, 0.05) is 6.04 Å². The number of rotatable bonds is 6. The van der Waals surface area contributed by atoms with Crippen molar-refractivity contribution in [2.45, 2.75) is 69.5 Å².